The van der Waals surface area contributed by atoms with Crippen LogP contribution in [-0.2, 0) is 9.53 Å². The Hall–Kier alpha value is -1.69. The Balaban J connectivity index is 2.90. The van der Waals surface area contributed by atoms with E-state index in [0.29, 0.717) is 5.75 Å². The Labute approximate surface area is 104 Å². The molecule has 1 aromatic carbocycles. The van der Waals surface area contributed by atoms with E-state index in [0.717, 1.165) is 0 Å². The van der Waals surface area contributed by atoms with Crippen molar-refractivity contribution < 1.29 is 23.0 Å². The number of hydrogen-bond donors (Lipinski definition) is 1. The molecule has 0 fully saturated rings. The van der Waals surface area contributed by atoms with E-state index in [-0.39, 0.29) is 12.2 Å². The number of hydrogen-bond acceptors (Lipinski definition) is 4. The van der Waals surface area contributed by atoms with Crippen LogP contribution >= 0.6 is 0 Å². The topological polar surface area (TPSA) is 61.5 Å². The third-order valence-corrected chi connectivity index (χ3v) is 2.41. The van der Waals surface area contributed by atoms with Gasteiger partial charge in [-0.2, -0.15) is 8.78 Å². The van der Waals surface area contributed by atoms with Gasteiger partial charge in [0.25, 0.3) is 0 Å². The van der Waals surface area contributed by atoms with E-state index in [4.69, 9.17) is 10.5 Å². The molecule has 0 spiro atoms. The summed E-state index contributed by atoms with van der Waals surface area (Å²) in [6.45, 7) is 1.33. The zero-order valence-electron chi connectivity index (χ0n) is 10.2. The van der Waals surface area contributed by atoms with E-state index in [2.05, 4.69) is 4.74 Å². The van der Waals surface area contributed by atoms with E-state index in [9.17, 15) is 13.6 Å². The third kappa shape index (κ3) is 2.95. The molecule has 0 saturated heterocycles. The van der Waals surface area contributed by atoms with Gasteiger partial charge in [0.1, 0.15) is 11.8 Å². The molecule has 1 aromatic rings. The second-order valence-electron chi connectivity index (χ2n) is 3.59. The molecule has 1 rings (SSSR count). The number of esters is 1. The quantitative estimate of drug-likeness (QED) is 0.820. The average molecular weight is 259 g/mol. The zero-order chi connectivity index (χ0) is 13.8. The molecule has 1 atom stereocenters. The summed E-state index contributed by atoms with van der Waals surface area (Å²) >= 11 is 0. The predicted octanol–water partition coefficient (Wildman–Crippen LogP) is 1.89. The van der Waals surface area contributed by atoms with Crippen LogP contribution in [0.2, 0.25) is 0 Å². The number of carbonyl (C=O) groups excluding carboxylic acids is 1. The molecule has 0 saturated carbocycles. The number of ether oxygens (including phenoxy) is 2. The smallest absolute Gasteiger partial charge is 0.379 e. The maximum absolute atomic E-state index is 13.6. The molecule has 0 amide bonds. The van der Waals surface area contributed by atoms with Crippen LogP contribution in [0.25, 0.3) is 0 Å². The maximum Gasteiger partial charge on any atom is 0.379 e. The average Bonchev–Trinajstić information content (AvgIpc) is 2.38. The fourth-order valence-corrected chi connectivity index (χ4v) is 1.37. The molecule has 2 N–H and O–H groups in total. The lowest BCUT2D eigenvalue weighted by Gasteiger charge is -2.21. The lowest BCUT2D eigenvalue weighted by molar-refractivity contribution is -0.174. The van der Waals surface area contributed by atoms with Crippen LogP contribution in [0, 0.1) is 0 Å². The predicted molar refractivity (Wildman–Crippen MR) is 61.5 cm³/mol. The number of halogens is 2. The zero-order valence-corrected chi connectivity index (χ0v) is 10.2. The lowest BCUT2D eigenvalue weighted by Crippen LogP contribution is -2.41. The summed E-state index contributed by atoms with van der Waals surface area (Å²) in [5, 5.41) is 0. The number of methoxy groups -OCH3 is 1. The fraction of sp³-hybridized carbons (Fsp3) is 0.417. The molecule has 0 radical (unpaired) electrons. The van der Waals surface area contributed by atoms with Crippen LogP contribution in [0.1, 0.15) is 18.5 Å². The lowest BCUT2D eigenvalue weighted by atomic mass is 10.0. The van der Waals surface area contributed by atoms with Gasteiger partial charge in [0.05, 0.1) is 13.7 Å². The second-order valence-corrected chi connectivity index (χ2v) is 3.59. The van der Waals surface area contributed by atoms with Crippen molar-refractivity contribution in [1.29, 1.82) is 0 Å². The van der Waals surface area contributed by atoms with Crippen molar-refractivity contribution in [3.63, 3.8) is 0 Å². The van der Waals surface area contributed by atoms with Gasteiger partial charge in [0.15, 0.2) is 0 Å². The van der Waals surface area contributed by atoms with Gasteiger partial charge in [0, 0.05) is 0 Å². The van der Waals surface area contributed by atoms with Gasteiger partial charge in [-0.25, -0.2) is 4.79 Å². The molecule has 0 unspecified atom stereocenters. The molecule has 0 bridgehead atoms. The minimum absolute atomic E-state index is 0.121. The van der Waals surface area contributed by atoms with E-state index < -0.39 is 17.9 Å². The summed E-state index contributed by atoms with van der Waals surface area (Å²) in [6.07, 6.45) is 0. The maximum atomic E-state index is 13.6. The minimum atomic E-state index is -3.76. The first-order valence-electron chi connectivity index (χ1n) is 5.38. The standard InChI is InChI=1S/C12H15F2NO3/c1-3-18-11(16)12(13,14)10(15)8-4-6-9(17-2)7-5-8/h4-7,10H,3,15H2,1-2H3/t10-/m0/s1. The van der Waals surface area contributed by atoms with Crippen molar-refractivity contribution >= 4 is 5.97 Å². The Morgan fingerprint density at radius 1 is 1.39 bits per heavy atom. The summed E-state index contributed by atoms with van der Waals surface area (Å²) in [5.74, 6) is -4.86. The second kappa shape index (κ2) is 5.77. The number of nitrogens with two attached hydrogens (primary N) is 1. The largest absolute Gasteiger partial charge is 0.497 e. The Kier molecular flexibility index (Phi) is 4.61. The van der Waals surface area contributed by atoms with Gasteiger partial charge in [-0.1, -0.05) is 12.1 Å². The summed E-state index contributed by atoms with van der Waals surface area (Å²) in [5.41, 5.74) is 5.54. The SMILES string of the molecule is CCOC(=O)C(F)(F)[C@@H](N)c1ccc(OC)cc1. The molecule has 0 aromatic heterocycles. The molecule has 100 valence electrons. The van der Waals surface area contributed by atoms with Crippen LogP contribution in [-0.4, -0.2) is 25.6 Å². The number of carbonyl (C=O) groups is 1. The number of rotatable bonds is 5. The molecular formula is C12H15F2NO3. The Morgan fingerprint density at radius 2 is 1.94 bits per heavy atom. The highest BCUT2D eigenvalue weighted by molar-refractivity contribution is 5.78. The molecule has 0 aliphatic rings. The molecule has 0 aliphatic heterocycles. The molecule has 0 heterocycles. The summed E-state index contributed by atoms with van der Waals surface area (Å²) in [4.78, 5) is 11.1. The van der Waals surface area contributed by atoms with Gasteiger partial charge in [-0.15, -0.1) is 0 Å². The van der Waals surface area contributed by atoms with Gasteiger partial charge in [0.2, 0.25) is 0 Å². The fourth-order valence-electron chi connectivity index (χ4n) is 1.37. The van der Waals surface area contributed by atoms with E-state index >= 15 is 0 Å². The normalized spacial score (nSPS) is 12.9. The first-order valence-corrected chi connectivity index (χ1v) is 5.38. The van der Waals surface area contributed by atoms with Crippen molar-refractivity contribution in [3.05, 3.63) is 29.8 Å². The van der Waals surface area contributed by atoms with Crippen molar-refractivity contribution in [2.24, 2.45) is 5.73 Å². The van der Waals surface area contributed by atoms with E-state index in [1.165, 1.54) is 38.3 Å². The van der Waals surface area contributed by atoms with Crippen LogP contribution in [0.5, 0.6) is 5.75 Å². The molecular weight excluding hydrogens is 244 g/mol. The summed E-state index contributed by atoms with van der Waals surface area (Å²) in [6, 6.07) is 4.02. The first-order chi connectivity index (χ1) is 8.43. The first kappa shape index (κ1) is 14.4. The molecule has 18 heavy (non-hydrogen) atoms. The van der Waals surface area contributed by atoms with Crippen molar-refractivity contribution in [2.75, 3.05) is 13.7 Å². The van der Waals surface area contributed by atoms with Crippen LogP contribution < -0.4 is 10.5 Å². The van der Waals surface area contributed by atoms with E-state index in [1.54, 1.807) is 0 Å². The summed E-state index contributed by atoms with van der Waals surface area (Å²) in [7, 11) is 1.46. The van der Waals surface area contributed by atoms with Crippen molar-refractivity contribution in [3.8, 4) is 5.75 Å². The molecule has 0 aliphatic carbocycles. The van der Waals surface area contributed by atoms with Crippen LogP contribution in [0.3, 0.4) is 0 Å². The van der Waals surface area contributed by atoms with Crippen LogP contribution in [0.15, 0.2) is 24.3 Å². The van der Waals surface area contributed by atoms with E-state index in [1.807, 2.05) is 0 Å². The third-order valence-electron chi connectivity index (χ3n) is 2.41. The Bertz CT molecular complexity index is 406. The van der Waals surface area contributed by atoms with Gasteiger partial charge in [-0.3, -0.25) is 0 Å². The molecule has 4 nitrogen and oxygen atoms in total. The highest BCUT2D eigenvalue weighted by Gasteiger charge is 2.47. The van der Waals surface area contributed by atoms with Crippen molar-refractivity contribution in [2.45, 2.75) is 18.9 Å². The Morgan fingerprint density at radius 3 is 2.39 bits per heavy atom. The highest BCUT2D eigenvalue weighted by Crippen LogP contribution is 2.31. The minimum Gasteiger partial charge on any atom is -0.497 e. The van der Waals surface area contributed by atoms with Crippen molar-refractivity contribution in [1.82, 2.24) is 0 Å². The van der Waals surface area contributed by atoms with Gasteiger partial charge >= 0.3 is 11.9 Å². The van der Waals surface area contributed by atoms with Gasteiger partial charge < -0.3 is 15.2 Å². The number of benzene rings is 1. The monoisotopic (exact) mass is 259 g/mol. The van der Waals surface area contributed by atoms with Gasteiger partial charge in [-0.05, 0) is 24.6 Å². The molecule has 6 heteroatoms. The summed E-state index contributed by atoms with van der Waals surface area (Å²) < 4.78 is 36.5. The highest BCUT2D eigenvalue weighted by atomic mass is 19.3. The van der Waals surface area contributed by atoms with Crippen LogP contribution in [0.4, 0.5) is 8.78 Å². The number of alkyl halides is 2.